The molecule has 0 saturated heterocycles. The van der Waals surface area contributed by atoms with E-state index in [0.717, 1.165) is 29.3 Å². The number of Topliss-reactive ketones (excluding diaryl/α,β-unsaturated/α-hetero) is 1. The number of carbonyl (C=O) groups is 1. The molecule has 2 rings (SSSR count). The van der Waals surface area contributed by atoms with Crippen LogP contribution in [0.15, 0.2) is 28.7 Å². The van der Waals surface area contributed by atoms with Crippen molar-refractivity contribution in [3.05, 3.63) is 34.3 Å². The van der Waals surface area contributed by atoms with E-state index < -0.39 is 5.92 Å². The normalized spacial score (nSPS) is 22.7. The van der Waals surface area contributed by atoms with E-state index in [0.29, 0.717) is 0 Å². The Morgan fingerprint density at radius 2 is 2.16 bits per heavy atom. The van der Waals surface area contributed by atoms with Crippen molar-refractivity contribution >= 4 is 21.7 Å². The highest BCUT2D eigenvalue weighted by Crippen LogP contribution is 2.45. The molecule has 19 heavy (non-hydrogen) atoms. The quantitative estimate of drug-likeness (QED) is 0.825. The molecule has 0 bridgehead atoms. The third-order valence-corrected chi connectivity index (χ3v) is 4.95. The lowest BCUT2D eigenvalue weighted by Crippen LogP contribution is -2.29. The molecule has 2 atom stereocenters. The number of nitrogens with zero attached hydrogens (tertiary/aromatic N) is 1. The van der Waals surface area contributed by atoms with Crippen molar-refractivity contribution in [1.82, 2.24) is 0 Å². The van der Waals surface area contributed by atoms with Crippen LogP contribution < -0.4 is 0 Å². The molecule has 0 aromatic heterocycles. The third-order valence-electron chi connectivity index (χ3n) is 4.23. The number of nitriles is 1. The van der Waals surface area contributed by atoms with Crippen LogP contribution in [0.2, 0.25) is 0 Å². The fraction of sp³-hybridized carbons (Fsp3) is 0.500. The van der Waals surface area contributed by atoms with Gasteiger partial charge in [-0.2, -0.15) is 5.26 Å². The van der Waals surface area contributed by atoms with Gasteiger partial charge in [-0.3, -0.25) is 4.79 Å². The minimum absolute atomic E-state index is 0.00394. The van der Waals surface area contributed by atoms with Crippen LogP contribution in [0.3, 0.4) is 0 Å². The fourth-order valence-corrected chi connectivity index (χ4v) is 3.56. The van der Waals surface area contributed by atoms with Gasteiger partial charge in [0, 0.05) is 10.4 Å². The minimum atomic E-state index is -0.655. The molecule has 0 amide bonds. The molecule has 100 valence electrons. The summed E-state index contributed by atoms with van der Waals surface area (Å²) in [7, 11) is 0. The summed E-state index contributed by atoms with van der Waals surface area (Å²) in [6.07, 6.45) is 3.06. The Morgan fingerprint density at radius 1 is 1.47 bits per heavy atom. The Morgan fingerprint density at radius 3 is 2.68 bits per heavy atom. The van der Waals surface area contributed by atoms with Crippen LogP contribution in [0.1, 0.15) is 44.6 Å². The molecule has 3 heteroatoms. The summed E-state index contributed by atoms with van der Waals surface area (Å²) in [5.74, 6) is -0.570. The van der Waals surface area contributed by atoms with Gasteiger partial charge in [0.2, 0.25) is 0 Å². The summed E-state index contributed by atoms with van der Waals surface area (Å²) in [6, 6.07) is 9.70. The van der Waals surface area contributed by atoms with Crippen LogP contribution in [-0.2, 0) is 4.79 Å². The highest BCUT2D eigenvalue weighted by atomic mass is 79.9. The summed E-state index contributed by atoms with van der Waals surface area (Å²) < 4.78 is 0.839. The van der Waals surface area contributed by atoms with Gasteiger partial charge in [-0.05, 0) is 29.9 Å². The van der Waals surface area contributed by atoms with Gasteiger partial charge >= 0.3 is 0 Å². The number of hydrogen-bond acceptors (Lipinski definition) is 2. The zero-order valence-corrected chi connectivity index (χ0v) is 12.9. The second kappa shape index (κ2) is 5.46. The van der Waals surface area contributed by atoms with Gasteiger partial charge in [0.05, 0.1) is 6.07 Å². The van der Waals surface area contributed by atoms with E-state index >= 15 is 0 Å². The number of carbonyl (C=O) groups excluding carboxylic acids is 1. The van der Waals surface area contributed by atoms with Crippen molar-refractivity contribution in [2.24, 2.45) is 11.3 Å². The average molecular weight is 320 g/mol. The minimum Gasteiger partial charge on any atom is -0.298 e. The van der Waals surface area contributed by atoms with E-state index in [-0.39, 0.29) is 17.1 Å². The molecule has 0 spiro atoms. The summed E-state index contributed by atoms with van der Waals surface area (Å²) in [5, 5.41) is 9.41. The molecule has 1 aromatic rings. The molecule has 2 unspecified atom stereocenters. The topological polar surface area (TPSA) is 40.9 Å². The van der Waals surface area contributed by atoms with Crippen LogP contribution >= 0.6 is 15.9 Å². The van der Waals surface area contributed by atoms with Crippen LogP contribution in [0.5, 0.6) is 0 Å². The Kier molecular flexibility index (Phi) is 4.10. The summed E-state index contributed by atoms with van der Waals surface area (Å²) >= 11 is 3.44. The van der Waals surface area contributed by atoms with E-state index in [2.05, 4.69) is 35.8 Å². The van der Waals surface area contributed by atoms with Crippen molar-refractivity contribution in [1.29, 1.82) is 5.26 Å². The number of hydrogen-bond donors (Lipinski definition) is 0. The monoisotopic (exact) mass is 319 g/mol. The first-order valence-corrected chi connectivity index (χ1v) is 7.44. The lowest BCUT2D eigenvalue weighted by molar-refractivity contribution is -0.125. The second-order valence-electron chi connectivity index (χ2n) is 5.92. The molecule has 1 aliphatic rings. The van der Waals surface area contributed by atoms with E-state index in [1.54, 1.807) is 0 Å². The predicted octanol–water partition coefficient (Wildman–Crippen LogP) is 4.45. The van der Waals surface area contributed by atoms with E-state index in [4.69, 9.17) is 0 Å². The van der Waals surface area contributed by atoms with Crippen LogP contribution in [0.4, 0.5) is 0 Å². The highest BCUT2D eigenvalue weighted by molar-refractivity contribution is 9.10. The Hall–Kier alpha value is -1.14. The largest absolute Gasteiger partial charge is 0.298 e. The molecule has 0 aliphatic heterocycles. The molecule has 0 radical (unpaired) electrons. The molecule has 1 fully saturated rings. The maximum Gasteiger partial charge on any atom is 0.158 e. The van der Waals surface area contributed by atoms with Gasteiger partial charge in [-0.25, -0.2) is 0 Å². The molecule has 0 N–H and O–H groups in total. The fourth-order valence-electron chi connectivity index (χ4n) is 3.05. The standard InChI is InChI=1S/C16H18BrNO/c1-16(2)9-5-7-13(16)15(19)12(10-18)11-6-3-4-8-14(11)17/h3-4,6,8,12-13H,5,7,9H2,1-2H3. The highest BCUT2D eigenvalue weighted by Gasteiger charge is 2.42. The van der Waals surface area contributed by atoms with Gasteiger partial charge < -0.3 is 0 Å². The summed E-state index contributed by atoms with van der Waals surface area (Å²) in [5.41, 5.74) is 0.811. The second-order valence-corrected chi connectivity index (χ2v) is 6.77. The predicted molar refractivity (Wildman–Crippen MR) is 78.6 cm³/mol. The molecule has 1 aliphatic carbocycles. The SMILES string of the molecule is CC1(C)CCCC1C(=O)C(C#N)c1ccccc1Br. The van der Waals surface area contributed by atoms with E-state index in [1.807, 2.05) is 24.3 Å². The number of halogens is 1. The van der Waals surface area contributed by atoms with E-state index in [1.165, 1.54) is 0 Å². The Labute approximate surface area is 122 Å². The third kappa shape index (κ3) is 2.74. The van der Waals surface area contributed by atoms with Gasteiger partial charge in [0.25, 0.3) is 0 Å². The molecule has 1 aromatic carbocycles. The van der Waals surface area contributed by atoms with Crippen molar-refractivity contribution in [3.63, 3.8) is 0 Å². The van der Waals surface area contributed by atoms with Crippen LogP contribution in [-0.4, -0.2) is 5.78 Å². The first-order chi connectivity index (χ1) is 8.97. The zero-order valence-electron chi connectivity index (χ0n) is 11.3. The lowest BCUT2D eigenvalue weighted by atomic mass is 9.75. The first kappa shape index (κ1) is 14.3. The van der Waals surface area contributed by atoms with Crippen molar-refractivity contribution < 1.29 is 4.79 Å². The average Bonchev–Trinajstić information content (AvgIpc) is 2.72. The number of benzene rings is 1. The van der Waals surface area contributed by atoms with E-state index in [9.17, 15) is 10.1 Å². The lowest BCUT2D eigenvalue weighted by Gasteiger charge is -2.27. The van der Waals surface area contributed by atoms with Crippen LogP contribution in [0.25, 0.3) is 0 Å². The van der Waals surface area contributed by atoms with Gasteiger partial charge in [0.1, 0.15) is 5.92 Å². The summed E-state index contributed by atoms with van der Waals surface area (Å²) in [4.78, 5) is 12.7. The smallest absolute Gasteiger partial charge is 0.158 e. The molecule has 2 nitrogen and oxygen atoms in total. The van der Waals surface area contributed by atoms with Crippen molar-refractivity contribution in [3.8, 4) is 6.07 Å². The molecule has 1 saturated carbocycles. The first-order valence-electron chi connectivity index (χ1n) is 6.65. The molecular weight excluding hydrogens is 302 g/mol. The molecular formula is C16H18BrNO. The number of rotatable bonds is 3. The van der Waals surface area contributed by atoms with Crippen molar-refractivity contribution in [2.75, 3.05) is 0 Å². The van der Waals surface area contributed by atoms with Crippen LogP contribution in [0, 0.1) is 22.7 Å². The van der Waals surface area contributed by atoms with Crippen molar-refractivity contribution in [2.45, 2.75) is 39.0 Å². The Bertz CT molecular complexity index is 530. The molecule has 0 heterocycles. The number of ketones is 1. The summed E-state index contributed by atoms with van der Waals surface area (Å²) in [6.45, 7) is 4.27. The zero-order chi connectivity index (χ0) is 14.0. The maximum atomic E-state index is 12.7. The van der Waals surface area contributed by atoms with Gasteiger partial charge in [0.15, 0.2) is 5.78 Å². The van der Waals surface area contributed by atoms with Gasteiger partial charge in [-0.1, -0.05) is 54.4 Å². The maximum absolute atomic E-state index is 12.7. The van der Waals surface area contributed by atoms with Gasteiger partial charge in [-0.15, -0.1) is 0 Å². The Balaban J connectivity index is 2.32.